The fourth-order valence-electron chi connectivity index (χ4n) is 1.05. The number of carboxylic acids is 2. The molecule has 1 heterocycles. The van der Waals surface area contributed by atoms with E-state index in [-0.39, 0.29) is 0 Å². The summed E-state index contributed by atoms with van der Waals surface area (Å²) in [6, 6.07) is 7.80. The summed E-state index contributed by atoms with van der Waals surface area (Å²) < 4.78 is 0. The second-order valence-corrected chi connectivity index (χ2v) is 3.05. The van der Waals surface area contributed by atoms with Gasteiger partial charge in [0, 0.05) is 24.5 Å². The maximum atomic E-state index is 9.55. The Bertz CT molecular complexity index is 500. The van der Waals surface area contributed by atoms with Crippen molar-refractivity contribution in [3.8, 4) is 0 Å². The van der Waals surface area contributed by atoms with Crippen molar-refractivity contribution in [2.24, 2.45) is 0 Å². The van der Waals surface area contributed by atoms with E-state index in [9.17, 15) is 9.59 Å². The van der Waals surface area contributed by atoms with Gasteiger partial charge in [0.25, 0.3) is 0 Å². The molecule has 0 radical (unpaired) electrons. The molecule has 6 nitrogen and oxygen atoms in total. The van der Waals surface area contributed by atoms with Crippen LogP contribution < -0.4 is 0 Å². The van der Waals surface area contributed by atoms with Crippen LogP contribution in [0.25, 0.3) is 11.0 Å². The van der Waals surface area contributed by atoms with Crippen LogP contribution in [0.15, 0.2) is 48.8 Å². The molecule has 1 aromatic carbocycles. The molecule has 6 heteroatoms. The zero-order chi connectivity index (χ0) is 13.4. The van der Waals surface area contributed by atoms with Gasteiger partial charge in [-0.25, -0.2) is 9.59 Å². The minimum Gasteiger partial charge on any atom is -0.478 e. The van der Waals surface area contributed by atoms with Crippen LogP contribution in [0.1, 0.15) is 0 Å². The van der Waals surface area contributed by atoms with Crippen molar-refractivity contribution in [1.29, 1.82) is 0 Å². The number of fused-ring (bicyclic) bond motifs is 1. The lowest BCUT2D eigenvalue weighted by atomic mass is 10.3. The van der Waals surface area contributed by atoms with Crippen molar-refractivity contribution in [3.05, 3.63) is 48.8 Å². The Balaban J connectivity index is 0.000000187. The average Bonchev–Trinajstić information content (AvgIpc) is 2.37. The number of rotatable bonds is 2. The fraction of sp³-hybridized carbons (Fsp3) is 0. The third kappa shape index (κ3) is 4.84. The van der Waals surface area contributed by atoms with Crippen LogP contribution in [0, 0.1) is 0 Å². The predicted octanol–water partition coefficient (Wildman–Crippen LogP) is 1.34. The number of carboxylic acid groups (broad SMARTS) is 2. The predicted molar refractivity (Wildman–Crippen MR) is 63.9 cm³/mol. The maximum Gasteiger partial charge on any atom is 0.328 e. The molecule has 0 bridgehead atoms. The summed E-state index contributed by atoms with van der Waals surface area (Å²) in [5, 5.41) is 15.6. The largest absolute Gasteiger partial charge is 0.478 e. The Morgan fingerprint density at radius 2 is 1.28 bits per heavy atom. The number of aliphatic carboxylic acids is 2. The van der Waals surface area contributed by atoms with E-state index in [0.29, 0.717) is 12.2 Å². The van der Waals surface area contributed by atoms with Gasteiger partial charge in [-0.05, 0) is 12.1 Å². The molecule has 0 spiro atoms. The molecule has 0 aliphatic heterocycles. The summed E-state index contributed by atoms with van der Waals surface area (Å²) in [6.45, 7) is 0. The summed E-state index contributed by atoms with van der Waals surface area (Å²) in [4.78, 5) is 27.3. The smallest absolute Gasteiger partial charge is 0.328 e. The first kappa shape index (κ1) is 13.3. The van der Waals surface area contributed by atoms with Crippen LogP contribution in [-0.4, -0.2) is 32.1 Å². The molecule has 2 rings (SSSR count). The molecule has 0 unspecified atom stereocenters. The lowest BCUT2D eigenvalue weighted by Crippen LogP contribution is -1.91. The molecule has 0 saturated carbocycles. The van der Waals surface area contributed by atoms with Crippen molar-refractivity contribution in [2.45, 2.75) is 0 Å². The molecule has 0 fully saturated rings. The Hall–Kier alpha value is -2.76. The van der Waals surface area contributed by atoms with Crippen molar-refractivity contribution in [3.63, 3.8) is 0 Å². The van der Waals surface area contributed by atoms with Crippen molar-refractivity contribution >= 4 is 23.0 Å². The van der Waals surface area contributed by atoms with E-state index < -0.39 is 11.9 Å². The van der Waals surface area contributed by atoms with E-state index in [0.717, 1.165) is 11.0 Å². The van der Waals surface area contributed by atoms with Gasteiger partial charge in [-0.3, -0.25) is 9.97 Å². The summed E-state index contributed by atoms with van der Waals surface area (Å²) in [5.41, 5.74) is 1.90. The standard InChI is InChI=1S/C8H6N2.C4H4O4/c1-2-4-8-7(3-1)9-5-6-10-8;5-3(6)1-2-4(7)8/h1-6H;1-2H,(H,5,6)(H,7,8)/b;2-1+. The normalized spacial score (nSPS) is 9.78. The summed E-state index contributed by atoms with van der Waals surface area (Å²) in [6.07, 6.45) is 4.51. The maximum absolute atomic E-state index is 9.55. The van der Waals surface area contributed by atoms with Gasteiger partial charge < -0.3 is 10.2 Å². The topological polar surface area (TPSA) is 100 Å². The zero-order valence-corrected chi connectivity index (χ0v) is 9.22. The van der Waals surface area contributed by atoms with E-state index in [1.165, 1.54) is 0 Å². The van der Waals surface area contributed by atoms with Crippen LogP contribution in [-0.2, 0) is 9.59 Å². The van der Waals surface area contributed by atoms with Crippen molar-refractivity contribution in [2.75, 3.05) is 0 Å². The first-order valence-electron chi connectivity index (χ1n) is 4.89. The van der Waals surface area contributed by atoms with Gasteiger partial charge in [-0.1, -0.05) is 12.1 Å². The molecular weight excluding hydrogens is 236 g/mol. The molecule has 1 aromatic heterocycles. The van der Waals surface area contributed by atoms with E-state index >= 15 is 0 Å². The quantitative estimate of drug-likeness (QED) is 0.775. The van der Waals surface area contributed by atoms with Gasteiger partial charge in [0.15, 0.2) is 0 Å². The highest BCUT2D eigenvalue weighted by atomic mass is 16.4. The van der Waals surface area contributed by atoms with Crippen LogP contribution >= 0.6 is 0 Å². The lowest BCUT2D eigenvalue weighted by Gasteiger charge is -1.90. The van der Waals surface area contributed by atoms with Crippen LogP contribution in [0.2, 0.25) is 0 Å². The van der Waals surface area contributed by atoms with Crippen LogP contribution in [0.5, 0.6) is 0 Å². The highest BCUT2D eigenvalue weighted by Crippen LogP contribution is 2.04. The van der Waals surface area contributed by atoms with Gasteiger partial charge >= 0.3 is 11.9 Å². The summed E-state index contributed by atoms with van der Waals surface area (Å²) >= 11 is 0. The van der Waals surface area contributed by atoms with Crippen LogP contribution in [0.3, 0.4) is 0 Å². The van der Waals surface area contributed by atoms with Crippen molar-refractivity contribution in [1.82, 2.24) is 9.97 Å². The molecule has 0 saturated heterocycles. The molecular formula is C12H10N2O4. The van der Waals surface area contributed by atoms with Crippen LogP contribution in [0.4, 0.5) is 0 Å². The molecule has 0 aliphatic carbocycles. The summed E-state index contributed by atoms with van der Waals surface area (Å²) in [5.74, 6) is -2.51. The highest BCUT2D eigenvalue weighted by Gasteiger charge is 1.88. The number of benzene rings is 1. The van der Waals surface area contributed by atoms with E-state index in [1.54, 1.807) is 12.4 Å². The second-order valence-electron chi connectivity index (χ2n) is 3.05. The van der Waals surface area contributed by atoms with Gasteiger partial charge in [0.2, 0.25) is 0 Å². The first-order chi connectivity index (χ1) is 8.59. The monoisotopic (exact) mass is 246 g/mol. The molecule has 0 amide bonds. The van der Waals surface area contributed by atoms with E-state index in [1.807, 2.05) is 24.3 Å². The molecule has 0 atom stereocenters. The number of aromatic nitrogens is 2. The Morgan fingerprint density at radius 3 is 1.61 bits per heavy atom. The molecule has 0 aliphatic rings. The Labute approximate surface area is 102 Å². The fourth-order valence-corrected chi connectivity index (χ4v) is 1.05. The molecule has 92 valence electrons. The second kappa shape index (κ2) is 6.74. The van der Waals surface area contributed by atoms with Gasteiger partial charge in [0.05, 0.1) is 11.0 Å². The number of carbonyl (C=O) groups is 2. The molecule has 2 N–H and O–H groups in total. The molecule has 2 aromatic rings. The lowest BCUT2D eigenvalue weighted by molar-refractivity contribution is -0.134. The third-order valence-corrected chi connectivity index (χ3v) is 1.74. The average molecular weight is 246 g/mol. The first-order valence-corrected chi connectivity index (χ1v) is 4.89. The third-order valence-electron chi connectivity index (χ3n) is 1.74. The van der Waals surface area contributed by atoms with Gasteiger partial charge in [0.1, 0.15) is 0 Å². The van der Waals surface area contributed by atoms with E-state index in [4.69, 9.17) is 10.2 Å². The van der Waals surface area contributed by atoms with Crippen molar-refractivity contribution < 1.29 is 19.8 Å². The van der Waals surface area contributed by atoms with E-state index in [2.05, 4.69) is 9.97 Å². The zero-order valence-electron chi connectivity index (χ0n) is 9.22. The number of hydrogen-bond acceptors (Lipinski definition) is 4. The Kier molecular flexibility index (Phi) is 4.98. The highest BCUT2D eigenvalue weighted by molar-refractivity contribution is 5.89. The minimum atomic E-state index is -1.26. The Morgan fingerprint density at radius 1 is 0.889 bits per heavy atom. The van der Waals surface area contributed by atoms with Gasteiger partial charge in [-0.2, -0.15) is 0 Å². The number of nitrogens with zero attached hydrogens (tertiary/aromatic N) is 2. The van der Waals surface area contributed by atoms with Gasteiger partial charge in [-0.15, -0.1) is 0 Å². The minimum absolute atomic E-state index is 0.558. The number of hydrogen-bond donors (Lipinski definition) is 2. The SMILES string of the molecule is O=C(O)/C=C/C(=O)O.c1ccc2nccnc2c1. The molecule has 18 heavy (non-hydrogen) atoms. The number of para-hydroxylation sites is 2. The summed E-state index contributed by atoms with van der Waals surface area (Å²) in [7, 11) is 0.